The van der Waals surface area contributed by atoms with Gasteiger partial charge in [-0.2, -0.15) is 16.4 Å². The average Bonchev–Trinajstić information content (AvgIpc) is 2.61. The van der Waals surface area contributed by atoms with E-state index >= 15 is 0 Å². The highest BCUT2D eigenvalue weighted by Gasteiger charge is 2.14. The molecule has 0 aliphatic carbocycles. The Labute approximate surface area is 110 Å². The smallest absolute Gasteiger partial charge is 0.347 e. The number of nitrogens with zero attached hydrogens (tertiary/aromatic N) is 1. The summed E-state index contributed by atoms with van der Waals surface area (Å²) >= 11 is 1.62. The number of aromatic hydroxyl groups is 1. The maximum Gasteiger partial charge on any atom is 0.347 e. The molecule has 0 atom stereocenters. The molecule has 1 amide bonds. The van der Waals surface area contributed by atoms with Gasteiger partial charge < -0.3 is 10.1 Å². The van der Waals surface area contributed by atoms with E-state index in [2.05, 4.69) is 10.4 Å². The van der Waals surface area contributed by atoms with Crippen molar-refractivity contribution in [3.8, 4) is 5.88 Å². The molecule has 0 aromatic carbocycles. The molecule has 1 rings (SSSR count). The monoisotopic (exact) mass is 273 g/mol. The van der Waals surface area contributed by atoms with Crippen LogP contribution in [0.25, 0.3) is 0 Å². The lowest BCUT2D eigenvalue weighted by molar-refractivity contribution is -0.117. The van der Waals surface area contributed by atoms with Crippen molar-refractivity contribution >= 4 is 17.7 Å². The SMILES string of the molecule is CCCCC(=O)Nn1c(O)c(CCSC)[nH]c1=O. The minimum absolute atomic E-state index is 0.209. The van der Waals surface area contributed by atoms with Gasteiger partial charge in [-0.05, 0) is 18.4 Å². The molecular formula is C11H19N3O3S. The van der Waals surface area contributed by atoms with Crippen LogP contribution >= 0.6 is 11.8 Å². The summed E-state index contributed by atoms with van der Waals surface area (Å²) in [4.78, 5) is 25.6. The lowest BCUT2D eigenvalue weighted by Gasteiger charge is -2.05. The first kappa shape index (κ1) is 14.7. The Bertz CT molecular complexity index is 453. The fourth-order valence-corrected chi connectivity index (χ4v) is 1.88. The number of rotatable bonds is 7. The fourth-order valence-electron chi connectivity index (χ4n) is 1.47. The summed E-state index contributed by atoms with van der Waals surface area (Å²) in [6, 6.07) is 0. The highest BCUT2D eigenvalue weighted by molar-refractivity contribution is 7.98. The molecule has 0 radical (unpaired) electrons. The summed E-state index contributed by atoms with van der Waals surface area (Å²) in [5.41, 5.74) is 2.32. The molecule has 0 fully saturated rings. The maximum atomic E-state index is 11.6. The molecule has 0 spiro atoms. The van der Waals surface area contributed by atoms with Crippen molar-refractivity contribution in [3.63, 3.8) is 0 Å². The van der Waals surface area contributed by atoms with E-state index in [9.17, 15) is 14.7 Å². The predicted octanol–water partition coefficient (Wildman–Crippen LogP) is 1.05. The van der Waals surface area contributed by atoms with Gasteiger partial charge in [0, 0.05) is 12.8 Å². The lowest BCUT2D eigenvalue weighted by atomic mass is 10.2. The number of carbonyl (C=O) groups is 1. The largest absolute Gasteiger partial charge is 0.492 e. The lowest BCUT2D eigenvalue weighted by Crippen LogP contribution is -2.30. The van der Waals surface area contributed by atoms with Crippen LogP contribution in [0.3, 0.4) is 0 Å². The molecule has 102 valence electrons. The number of aromatic amines is 1. The number of nitrogens with one attached hydrogen (secondary N) is 2. The van der Waals surface area contributed by atoms with Crippen LogP contribution < -0.4 is 11.1 Å². The Morgan fingerprint density at radius 1 is 1.56 bits per heavy atom. The van der Waals surface area contributed by atoms with Crippen molar-refractivity contribution in [3.05, 3.63) is 16.2 Å². The van der Waals surface area contributed by atoms with Crippen LogP contribution in [0, 0.1) is 0 Å². The number of hydrogen-bond acceptors (Lipinski definition) is 4. The third-order valence-electron chi connectivity index (χ3n) is 2.49. The van der Waals surface area contributed by atoms with E-state index in [0.29, 0.717) is 18.5 Å². The number of H-pyrrole nitrogens is 1. The summed E-state index contributed by atoms with van der Waals surface area (Å²) in [5.74, 6) is 0.306. The number of aryl methyl sites for hydroxylation is 1. The third-order valence-corrected chi connectivity index (χ3v) is 3.11. The molecule has 0 saturated carbocycles. The van der Waals surface area contributed by atoms with Gasteiger partial charge >= 0.3 is 5.69 Å². The second kappa shape index (κ2) is 7.15. The molecule has 0 saturated heterocycles. The average molecular weight is 273 g/mol. The van der Waals surface area contributed by atoms with Crippen LogP contribution in [-0.2, 0) is 11.2 Å². The minimum atomic E-state index is -0.520. The van der Waals surface area contributed by atoms with E-state index in [1.165, 1.54) is 0 Å². The molecule has 18 heavy (non-hydrogen) atoms. The first-order valence-electron chi connectivity index (χ1n) is 5.91. The van der Waals surface area contributed by atoms with Gasteiger partial charge in [-0.3, -0.25) is 10.2 Å². The van der Waals surface area contributed by atoms with Gasteiger partial charge in [0.25, 0.3) is 0 Å². The van der Waals surface area contributed by atoms with Crippen LogP contribution in [0.1, 0.15) is 31.9 Å². The topological polar surface area (TPSA) is 87.1 Å². The van der Waals surface area contributed by atoms with Crippen molar-refractivity contribution in [2.24, 2.45) is 0 Å². The molecule has 1 aromatic heterocycles. The van der Waals surface area contributed by atoms with Crippen LogP contribution in [0.5, 0.6) is 5.88 Å². The minimum Gasteiger partial charge on any atom is -0.492 e. The Kier molecular flexibility index (Phi) is 5.84. The molecule has 1 heterocycles. The Hall–Kier alpha value is -1.37. The van der Waals surface area contributed by atoms with Gasteiger partial charge in [-0.25, -0.2) is 4.79 Å². The Balaban J connectivity index is 2.73. The van der Waals surface area contributed by atoms with Crippen molar-refractivity contribution in [1.82, 2.24) is 9.66 Å². The predicted molar refractivity (Wildman–Crippen MR) is 72.7 cm³/mol. The fraction of sp³-hybridized carbons (Fsp3) is 0.636. The number of imidazole rings is 1. The second-order valence-electron chi connectivity index (χ2n) is 3.95. The van der Waals surface area contributed by atoms with Gasteiger partial charge in [0.2, 0.25) is 11.8 Å². The normalized spacial score (nSPS) is 10.6. The molecule has 0 unspecified atom stereocenters. The van der Waals surface area contributed by atoms with E-state index < -0.39 is 5.69 Å². The number of aromatic nitrogens is 2. The summed E-state index contributed by atoms with van der Waals surface area (Å²) in [6.45, 7) is 1.98. The second-order valence-corrected chi connectivity index (χ2v) is 4.93. The summed E-state index contributed by atoms with van der Waals surface area (Å²) in [6.07, 6.45) is 4.50. The molecule has 0 bridgehead atoms. The number of amides is 1. The summed E-state index contributed by atoms with van der Waals surface area (Å²) in [5, 5.41) is 9.82. The zero-order valence-corrected chi connectivity index (χ0v) is 11.5. The maximum absolute atomic E-state index is 11.6. The van der Waals surface area contributed by atoms with Crippen LogP contribution in [0.2, 0.25) is 0 Å². The molecule has 1 aromatic rings. The van der Waals surface area contributed by atoms with E-state index in [1.807, 2.05) is 13.2 Å². The van der Waals surface area contributed by atoms with Crippen molar-refractivity contribution in [1.29, 1.82) is 0 Å². The molecule has 6 nitrogen and oxygen atoms in total. The van der Waals surface area contributed by atoms with Crippen LogP contribution in [-0.4, -0.2) is 32.7 Å². The quantitative estimate of drug-likeness (QED) is 0.693. The number of carbonyl (C=O) groups excluding carboxylic acids is 1. The van der Waals surface area contributed by atoms with E-state index in [-0.39, 0.29) is 11.8 Å². The van der Waals surface area contributed by atoms with Crippen LogP contribution in [0.15, 0.2) is 4.79 Å². The van der Waals surface area contributed by atoms with Crippen molar-refractivity contribution < 1.29 is 9.90 Å². The molecule has 7 heteroatoms. The van der Waals surface area contributed by atoms with Crippen LogP contribution in [0.4, 0.5) is 0 Å². The standard InChI is InChI=1S/C11H19N3O3S/c1-3-4-5-9(15)13-14-10(16)8(6-7-18-2)12-11(14)17/h16H,3-7H2,1-2H3,(H,12,17)(H,13,15). The number of hydrogen-bond donors (Lipinski definition) is 3. The van der Waals surface area contributed by atoms with Gasteiger partial charge in [0.1, 0.15) is 0 Å². The summed E-state index contributed by atoms with van der Waals surface area (Å²) < 4.78 is 0.869. The molecule has 3 N–H and O–H groups in total. The van der Waals surface area contributed by atoms with Crippen molar-refractivity contribution in [2.75, 3.05) is 17.4 Å². The molecule has 0 aliphatic rings. The van der Waals surface area contributed by atoms with Gasteiger partial charge in [-0.15, -0.1) is 0 Å². The Morgan fingerprint density at radius 2 is 2.28 bits per heavy atom. The van der Waals surface area contributed by atoms with E-state index in [4.69, 9.17) is 0 Å². The first-order chi connectivity index (χ1) is 8.60. The van der Waals surface area contributed by atoms with E-state index in [1.54, 1.807) is 11.8 Å². The van der Waals surface area contributed by atoms with Gasteiger partial charge in [-0.1, -0.05) is 13.3 Å². The number of thioether (sulfide) groups is 1. The Morgan fingerprint density at radius 3 is 2.89 bits per heavy atom. The highest BCUT2D eigenvalue weighted by Crippen LogP contribution is 2.13. The zero-order valence-electron chi connectivity index (χ0n) is 10.7. The van der Waals surface area contributed by atoms with Crippen molar-refractivity contribution in [2.45, 2.75) is 32.6 Å². The highest BCUT2D eigenvalue weighted by atomic mass is 32.2. The zero-order chi connectivity index (χ0) is 13.5. The molecule has 0 aliphatic heterocycles. The first-order valence-corrected chi connectivity index (χ1v) is 7.31. The van der Waals surface area contributed by atoms with Gasteiger partial charge in [0.05, 0.1) is 5.69 Å². The van der Waals surface area contributed by atoms with E-state index in [0.717, 1.165) is 23.3 Å². The van der Waals surface area contributed by atoms with Gasteiger partial charge in [0.15, 0.2) is 0 Å². The third kappa shape index (κ3) is 3.83. The number of unbranched alkanes of at least 4 members (excludes halogenated alkanes) is 1. The summed E-state index contributed by atoms with van der Waals surface area (Å²) in [7, 11) is 0. The molecular weight excluding hydrogens is 254 g/mol.